The number of hydrogen-bond donors (Lipinski definition) is 1. The first kappa shape index (κ1) is 14.7. The smallest absolute Gasteiger partial charge is 0.337 e. The van der Waals surface area contributed by atoms with Crippen LogP contribution < -0.4 is 5.32 Å². The number of nitrogens with zero attached hydrogens (tertiary/aromatic N) is 1. The summed E-state index contributed by atoms with van der Waals surface area (Å²) in [5.74, 6) is -1.14. The summed E-state index contributed by atoms with van der Waals surface area (Å²) in [6, 6.07) is 6.10. The maximum absolute atomic E-state index is 11.8. The first-order chi connectivity index (χ1) is 8.95. The van der Waals surface area contributed by atoms with E-state index in [2.05, 4.69) is 10.1 Å². The van der Waals surface area contributed by atoms with Gasteiger partial charge in [-0.05, 0) is 18.2 Å². The molecule has 0 radical (unpaired) electrons. The third kappa shape index (κ3) is 4.09. The van der Waals surface area contributed by atoms with E-state index in [1.807, 2.05) is 0 Å². The third-order valence-electron chi connectivity index (χ3n) is 2.44. The Labute approximate surface area is 111 Å². The molecule has 19 heavy (non-hydrogen) atoms. The van der Waals surface area contributed by atoms with Crippen LogP contribution in [-0.4, -0.2) is 50.4 Å². The van der Waals surface area contributed by atoms with E-state index in [9.17, 15) is 14.4 Å². The van der Waals surface area contributed by atoms with Gasteiger partial charge in [0, 0.05) is 19.7 Å². The van der Waals surface area contributed by atoms with Crippen LogP contribution in [0.15, 0.2) is 24.3 Å². The molecule has 102 valence electrons. The van der Waals surface area contributed by atoms with Crippen LogP contribution in [0.2, 0.25) is 0 Å². The number of benzene rings is 1. The standard InChI is InChI=1S/C13H16N2O4/c1-15(2)11(16)8-14-12(17)9-5-4-6-10(7-9)13(18)19-3/h4-7H,8H2,1-3H3,(H,14,17). The predicted octanol–water partition coefficient (Wildman–Crippen LogP) is 0.291. The van der Waals surface area contributed by atoms with E-state index >= 15 is 0 Å². The highest BCUT2D eigenvalue weighted by atomic mass is 16.5. The van der Waals surface area contributed by atoms with Gasteiger partial charge in [-0.25, -0.2) is 4.79 Å². The van der Waals surface area contributed by atoms with Crippen LogP contribution in [0.5, 0.6) is 0 Å². The molecule has 1 aromatic rings. The van der Waals surface area contributed by atoms with Gasteiger partial charge in [0.2, 0.25) is 5.91 Å². The van der Waals surface area contributed by atoms with Gasteiger partial charge in [0.1, 0.15) is 0 Å². The molecule has 0 saturated carbocycles. The van der Waals surface area contributed by atoms with Crippen molar-refractivity contribution in [1.29, 1.82) is 0 Å². The quantitative estimate of drug-likeness (QED) is 0.793. The molecule has 0 aliphatic heterocycles. The number of likely N-dealkylation sites (N-methyl/N-ethyl adjacent to an activating group) is 1. The summed E-state index contributed by atoms with van der Waals surface area (Å²) < 4.78 is 4.57. The van der Waals surface area contributed by atoms with E-state index < -0.39 is 11.9 Å². The summed E-state index contributed by atoms with van der Waals surface area (Å²) >= 11 is 0. The predicted molar refractivity (Wildman–Crippen MR) is 68.8 cm³/mol. The fourth-order valence-corrected chi connectivity index (χ4v) is 1.32. The van der Waals surface area contributed by atoms with Crippen molar-refractivity contribution in [2.45, 2.75) is 0 Å². The SMILES string of the molecule is COC(=O)c1cccc(C(=O)NCC(=O)N(C)C)c1. The number of ether oxygens (including phenoxy) is 1. The summed E-state index contributed by atoms with van der Waals surface area (Å²) in [4.78, 5) is 35.8. The Bertz CT molecular complexity index is 497. The maximum Gasteiger partial charge on any atom is 0.337 e. The van der Waals surface area contributed by atoms with Gasteiger partial charge < -0.3 is 15.0 Å². The van der Waals surface area contributed by atoms with Crippen molar-refractivity contribution >= 4 is 17.8 Å². The molecular weight excluding hydrogens is 248 g/mol. The first-order valence-electron chi connectivity index (χ1n) is 5.62. The van der Waals surface area contributed by atoms with Gasteiger partial charge in [0.25, 0.3) is 5.91 Å². The van der Waals surface area contributed by atoms with Crippen LogP contribution >= 0.6 is 0 Å². The zero-order valence-corrected chi connectivity index (χ0v) is 11.1. The summed E-state index contributed by atoms with van der Waals surface area (Å²) in [7, 11) is 4.48. The number of carbonyl (C=O) groups excluding carboxylic acids is 3. The van der Waals surface area contributed by atoms with Gasteiger partial charge in [-0.1, -0.05) is 6.07 Å². The highest BCUT2D eigenvalue weighted by Gasteiger charge is 2.12. The Morgan fingerprint density at radius 1 is 1.21 bits per heavy atom. The molecule has 0 aliphatic carbocycles. The highest BCUT2D eigenvalue weighted by molar-refractivity contribution is 5.99. The molecule has 1 rings (SSSR count). The number of rotatable bonds is 4. The molecule has 0 aromatic heterocycles. The van der Waals surface area contributed by atoms with Crippen LogP contribution in [0.4, 0.5) is 0 Å². The molecule has 0 spiro atoms. The van der Waals surface area contributed by atoms with Gasteiger partial charge >= 0.3 is 5.97 Å². The highest BCUT2D eigenvalue weighted by Crippen LogP contribution is 2.06. The summed E-state index contributed by atoms with van der Waals surface area (Å²) in [6.07, 6.45) is 0. The van der Waals surface area contributed by atoms with Gasteiger partial charge in [-0.15, -0.1) is 0 Å². The Kier molecular flexibility index (Phi) is 5.05. The second kappa shape index (κ2) is 6.53. The minimum Gasteiger partial charge on any atom is -0.465 e. The maximum atomic E-state index is 11.8. The minimum atomic E-state index is -0.515. The van der Waals surface area contributed by atoms with Crippen molar-refractivity contribution in [3.8, 4) is 0 Å². The Balaban J connectivity index is 2.72. The van der Waals surface area contributed by atoms with E-state index in [1.165, 1.54) is 18.1 Å². The number of carbonyl (C=O) groups is 3. The lowest BCUT2D eigenvalue weighted by Crippen LogP contribution is -2.36. The summed E-state index contributed by atoms with van der Waals surface area (Å²) in [5.41, 5.74) is 0.587. The normalized spacial score (nSPS) is 9.63. The van der Waals surface area contributed by atoms with Crippen LogP contribution in [0, 0.1) is 0 Å². The van der Waals surface area contributed by atoms with Crippen molar-refractivity contribution < 1.29 is 19.1 Å². The Hall–Kier alpha value is -2.37. The average Bonchev–Trinajstić information content (AvgIpc) is 2.43. The van der Waals surface area contributed by atoms with Crippen molar-refractivity contribution in [3.63, 3.8) is 0 Å². The molecule has 0 bridgehead atoms. The fraction of sp³-hybridized carbons (Fsp3) is 0.308. The molecular formula is C13H16N2O4. The molecule has 0 atom stereocenters. The van der Waals surface area contributed by atoms with Crippen LogP contribution in [0.25, 0.3) is 0 Å². The Morgan fingerprint density at radius 2 is 1.84 bits per heavy atom. The first-order valence-corrected chi connectivity index (χ1v) is 5.62. The topological polar surface area (TPSA) is 75.7 Å². The van der Waals surface area contributed by atoms with Crippen LogP contribution in [-0.2, 0) is 9.53 Å². The summed E-state index contributed by atoms with van der Waals surface area (Å²) in [5, 5.41) is 2.48. The second-order valence-corrected chi connectivity index (χ2v) is 4.04. The average molecular weight is 264 g/mol. The van der Waals surface area contributed by atoms with E-state index in [1.54, 1.807) is 32.3 Å². The van der Waals surface area contributed by atoms with Crippen molar-refractivity contribution in [2.75, 3.05) is 27.7 Å². The van der Waals surface area contributed by atoms with Gasteiger partial charge in [-0.2, -0.15) is 0 Å². The molecule has 6 nitrogen and oxygen atoms in total. The lowest BCUT2D eigenvalue weighted by Gasteiger charge is -2.11. The number of amides is 2. The minimum absolute atomic E-state index is 0.0890. The van der Waals surface area contributed by atoms with Crippen molar-refractivity contribution in [1.82, 2.24) is 10.2 Å². The molecule has 0 heterocycles. The Morgan fingerprint density at radius 3 is 2.42 bits per heavy atom. The lowest BCUT2D eigenvalue weighted by atomic mass is 10.1. The van der Waals surface area contributed by atoms with Crippen LogP contribution in [0.3, 0.4) is 0 Å². The second-order valence-electron chi connectivity index (χ2n) is 4.04. The molecule has 0 saturated heterocycles. The zero-order chi connectivity index (χ0) is 14.4. The van der Waals surface area contributed by atoms with Crippen LogP contribution in [0.1, 0.15) is 20.7 Å². The van der Waals surface area contributed by atoms with Crippen molar-refractivity contribution in [3.05, 3.63) is 35.4 Å². The fourth-order valence-electron chi connectivity index (χ4n) is 1.32. The van der Waals surface area contributed by atoms with E-state index in [0.717, 1.165) is 0 Å². The molecule has 0 aliphatic rings. The monoisotopic (exact) mass is 264 g/mol. The third-order valence-corrected chi connectivity index (χ3v) is 2.44. The zero-order valence-electron chi connectivity index (χ0n) is 11.1. The van der Waals surface area contributed by atoms with Crippen molar-refractivity contribution in [2.24, 2.45) is 0 Å². The lowest BCUT2D eigenvalue weighted by molar-refractivity contribution is -0.127. The number of hydrogen-bond acceptors (Lipinski definition) is 4. The molecule has 0 unspecified atom stereocenters. The largest absolute Gasteiger partial charge is 0.465 e. The number of nitrogens with one attached hydrogen (secondary N) is 1. The molecule has 1 aromatic carbocycles. The van der Waals surface area contributed by atoms with E-state index in [-0.39, 0.29) is 18.0 Å². The molecule has 1 N–H and O–H groups in total. The summed E-state index contributed by atoms with van der Waals surface area (Å²) in [6.45, 7) is -0.0890. The van der Waals surface area contributed by atoms with Gasteiger partial charge in [-0.3, -0.25) is 9.59 Å². The number of esters is 1. The van der Waals surface area contributed by atoms with E-state index in [0.29, 0.717) is 5.56 Å². The van der Waals surface area contributed by atoms with E-state index in [4.69, 9.17) is 0 Å². The molecule has 0 fully saturated rings. The number of methoxy groups -OCH3 is 1. The van der Waals surface area contributed by atoms with Gasteiger partial charge in [0.05, 0.1) is 19.2 Å². The van der Waals surface area contributed by atoms with Gasteiger partial charge in [0.15, 0.2) is 0 Å². The molecule has 2 amide bonds. The molecule has 6 heteroatoms.